The molecule has 3 aromatic carbocycles. The van der Waals surface area contributed by atoms with Gasteiger partial charge < -0.3 is 20.1 Å². The molecule has 0 fully saturated rings. The molecule has 0 heterocycles. The molecule has 7 nitrogen and oxygen atoms in total. The van der Waals surface area contributed by atoms with Gasteiger partial charge in [-0.3, -0.25) is 9.59 Å². The van der Waals surface area contributed by atoms with Gasteiger partial charge in [-0.15, -0.1) is 0 Å². The number of ether oxygens (including phenoxy) is 2. The zero-order valence-corrected chi connectivity index (χ0v) is 22.4. The summed E-state index contributed by atoms with van der Waals surface area (Å²) in [6, 6.07) is 15.2. The van der Waals surface area contributed by atoms with Crippen LogP contribution < -0.4 is 20.1 Å². The summed E-state index contributed by atoms with van der Waals surface area (Å²) in [5, 5.41) is 15.7. The maximum Gasteiger partial charge on any atom is 0.266 e. The van der Waals surface area contributed by atoms with Crippen molar-refractivity contribution >= 4 is 64.1 Å². The highest BCUT2D eigenvalue weighted by molar-refractivity contribution is 6.42. The number of nitrogens with one attached hydrogen (secondary N) is 2. The third-order valence-electron chi connectivity index (χ3n) is 5.11. The number of carbonyl (C=O) groups is 2. The van der Waals surface area contributed by atoms with E-state index >= 15 is 0 Å². The van der Waals surface area contributed by atoms with E-state index in [2.05, 4.69) is 10.6 Å². The number of aryl methyl sites for hydroxylation is 2. The van der Waals surface area contributed by atoms with E-state index in [0.29, 0.717) is 27.0 Å². The molecule has 10 heteroatoms. The van der Waals surface area contributed by atoms with Gasteiger partial charge in [0.25, 0.3) is 11.8 Å². The first-order valence-electron chi connectivity index (χ1n) is 10.9. The number of hydrogen-bond donors (Lipinski definition) is 2. The van der Waals surface area contributed by atoms with Gasteiger partial charge in [-0.1, -0.05) is 52.5 Å². The zero-order chi connectivity index (χ0) is 27.1. The van der Waals surface area contributed by atoms with Crippen LogP contribution >= 0.6 is 34.8 Å². The van der Waals surface area contributed by atoms with E-state index in [1.807, 2.05) is 32.0 Å². The summed E-state index contributed by atoms with van der Waals surface area (Å²) in [5.74, 6) is -0.684. The fourth-order valence-corrected chi connectivity index (χ4v) is 3.90. The van der Waals surface area contributed by atoms with Crippen LogP contribution in [0.2, 0.25) is 15.1 Å². The standard InChI is InChI=1S/C27H22Cl3N3O4/c1-15-4-7-23(16(2)8-15)33-27(35)18(13-31)9-17-10-22(30)26(24(11-17)36-3)37-14-25(34)32-19-5-6-20(28)21(29)12-19/h4-12H,14H2,1-3H3,(H,32,34)(H,33,35)/b18-9+. The van der Waals surface area contributed by atoms with Crippen molar-refractivity contribution in [2.75, 3.05) is 24.4 Å². The van der Waals surface area contributed by atoms with Crippen molar-refractivity contribution in [1.82, 2.24) is 0 Å². The minimum Gasteiger partial charge on any atom is -0.493 e. The highest BCUT2D eigenvalue weighted by Gasteiger charge is 2.16. The fraction of sp³-hybridized carbons (Fsp3) is 0.148. The summed E-state index contributed by atoms with van der Waals surface area (Å²) >= 11 is 18.2. The quantitative estimate of drug-likeness (QED) is 0.233. The molecule has 0 spiro atoms. The van der Waals surface area contributed by atoms with E-state index in [4.69, 9.17) is 44.3 Å². The first-order valence-corrected chi connectivity index (χ1v) is 12.0. The highest BCUT2D eigenvalue weighted by atomic mass is 35.5. The number of carbonyl (C=O) groups excluding carboxylic acids is 2. The van der Waals surface area contributed by atoms with Crippen molar-refractivity contribution < 1.29 is 19.1 Å². The van der Waals surface area contributed by atoms with Crippen molar-refractivity contribution in [3.05, 3.63) is 85.9 Å². The van der Waals surface area contributed by atoms with E-state index in [1.165, 1.54) is 25.3 Å². The monoisotopic (exact) mass is 557 g/mol. The Morgan fingerprint density at radius 3 is 2.38 bits per heavy atom. The zero-order valence-electron chi connectivity index (χ0n) is 20.1. The van der Waals surface area contributed by atoms with Gasteiger partial charge in [0.1, 0.15) is 11.6 Å². The minimum absolute atomic E-state index is 0.125. The van der Waals surface area contributed by atoms with Gasteiger partial charge in [-0.2, -0.15) is 5.26 Å². The second kappa shape index (κ2) is 12.5. The third-order valence-corrected chi connectivity index (χ3v) is 6.13. The molecular weight excluding hydrogens is 537 g/mol. The Hall–Kier alpha value is -3.70. The molecule has 0 radical (unpaired) electrons. The van der Waals surface area contributed by atoms with Crippen LogP contribution in [0.15, 0.2) is 54.1 Å². The van der Waals surface area contributed by atoms with Crippen molar-refractivity contribution in [3.8, 4) is 17.6 Å². The van der Waals surface area contributed by atoms with Crippen molar-refractivity contribution in [2.24, 2.45) is 0 Å². The maximum atomic E-state index is 12.7. The molecule has 0 unspecified atom stereocenters. The van der Waals surface area contributed by atoms with E-state index in [-0.39, 0.29) is 28.7 Å². The number of nitrogens with zero attached hydrogens (tertiary/aromatic N) is 1. The first-order chi connectivity index (χ1) is 17.6. The summed E-state index contributed by atoms with van der Waals surface area (Å²) in [5.41, 5.74) is 3.29. The molecule has 2 amide bonds. The van der Waals surface area contributed by atoms with Crippen LogP contribution in [0.1, 0.15) is 16.7 Å². The van der Waals surface area contributed by atoms with Gasteiger partial charge in [-0.05, 0) is 67.4 Å². The summed E-state index contributed by atoms with van der Waals surface area (Å²) in [6.07, 6.45) is 1.38. The third kappa shape index (κ3) is 7.40. The smallest absolute Gasteiger partial charge is 0.266 e. The van der Waals surface area contributed by atoms with Gasteiger partial charge in [0, 0.05) is 11.4 Å². The number of hydrogen-bond acceptors (Lipinski definition) is 5. The van der Waals surface area contributed by atoms with Crippen LogP contribution in [0.3, 0.4) is 0 Å². The van der Waals surface area contributed by atoms with Crippen LogP contribution in [0, 0.1) is 25.2 Å². The molecule has 2 N–H and O–H groups in total. The van der Waals surface area contributed by atoms with Crippen molar-refractivity contribution in [3.63, 3.8) is 0 Å². The fourth-order valence-electron chi connectivity index (χ4n) is 3.33. The number of halogens is 3. The number of benzene rings is 3. The van der Waals surface area contributed by atoms with Gasteiger partial charge in [-0.25, -0.2) is 0 Å². The van der Waals surface area contributed by atoms with Gasteiger partial charge in [0.05, 0.1) is 22.2 Å². The molecule has 0 saturated carbocycles. The maximum absolute atomic E-state index is 12.7. The Morgan fingerprint density at radius 1 is 0.973 bits per heavy atom. The molecule has 0 aromatic heterocycles. The Balaban J connectivity index is 1.74. The lowest BCUT2D eigenvalue weighted by Gasteiger charge is -2.14. The second-order valence-corrected chi connectivity index (χ2v) is 9.16. The molecule has 0 aliphatic heterocycles. The number of anilines is 2. The summed E-state index contributed by atoms with van der Waals surface area (Å²) < 4.78 is 10.9. The minimum atomic E-state index is -0.566. The number of amides is 2. The van der Waals surface area contributed by atoms with E-state index in [9.17, 15) is 14.9 Å². The largest absolute Gasteiger partial charge is 0.493 e. The molecular formula is C27H22Cl3N3O4. The van der Waals surface area contributed by atoms with Crippen LogP contribution in [0.4, 0.5) is 11.4 Å². The first kappa shape index (κ1) is 27.9. The second-order valence-electron chi connectivity index (χ2n) is 7.94. The molecule has 37 heavy (non-hydrogen) atoms. The molecule has 0 atom stereocenters. The highest BCUT2D eigenvalue weighted by Crippen LogP contribution is 2.37. The number of rotatable bonds is 8. The molecule has 0 aliphatic rings. The molecule has 3 aromatic rings. The Bertz CT molecular complexity index is 1430. The van der Waals surface area contributed by atoms with Gasteiger partial charge >= 0.3 is 0 Å². The molecule has 190 valence electrons. The summed E-state index contributed by atoms with van der Waals surface area (Å²) in [7, 11) is 1.40. The molecule has 3 rings (SSSR count). The number of nitriles is 1. The average Bonchev–Trinajstić information content (AvgIpc) is 2.85. The molecule has 0 saturated heterocycles. The average molecular weight is 559 g/mol. The van der Waals surface area contributed by atoms with Crippen LogP contribution in [-0.4, -0.2) is 25.5 Å². The van der Waals surface area contributed by atoms with Crippen molar-refractivity contribution in [2.45, 2.75) is 13.8 Å². The molecule has 0 bridgehead atoms. The van der Waals surface area contributed by atoms with Crippen molar-refractivity contribution in [1.29, 1.82) is 5.26 Å². The van der Waals surface area contributed by atoms with E-state index < -0.39 is 11.8 Å². The van der Waals surface area contributed by atoms with Crippen LogP contribution in [-0.2, 0) is 9.59 Å². The lowest BCUT2D eigenvalue weighted by atomic mass is 10.1. The summed E-state index contributed by atoms with van der Waals surface area (Å²) in [4.78, 5) is 25.0. The normalized spacial score (nSPS) is 10.9. The Morgan fingerprint density at radius 2 is 1.73 bits per heavy atom. The van der Waals surface area contributed by atoms with Gasteiger partial charge in [0.2, 0.25) is 0 Å². The predicted molar refractivity (Wildman–Crippen MR) is 147 cm³/mol. The summed E-state index contributed by atoms with van der Waals surface area (Å²) in [6.45, 7) is 3.45. The number of methoxy groups -OCH3 is 1. The molecule has 0 aliphatic carbocycles. The van der Waals surface area contributed by atoms with Crippen LogP contribution in [0.5, 0.6) is 11.5 Å². The lowest BCUT2D eigenvalue weighted by Crippen LogP contribution is -2.20. The van der Waals surface area contributed by atoms with Crippen LogP contribution in [0.25, 0.3) is 6.08 Å². The Kier molecular flexibility index (Phi) is 9.42. The topological polar surface area (TPSA) is 100 Å². The predicted octanol–water partition coefficient (Wildman–Crippen LogP) is 6.84. The van der Waals surface area contributed by atoms with Gasteiger partial charge in [0.15, 0.2) is 18.1 Å². The van der Waals surface area contributed by atoms with E-state index in [0.717, 1.165) is 11.1 Å². The SMILES string of the molecule is COc1cc(/C=C(\C#N)C(=O)Nc2ccc(C)cc2C)cc(Cl)c1OCC(=O)Nc1ccc(Cl)c(Cl)c1. The Labute approximate surface area is 229 Å². The van der Waals surface area contributed by atoms with E-state index in [1.54, 1.807) is 24.3 Å². The lowest BCUT2D eigenvalue weighted by molar-refractivity contribution is -0.118.